The van der Waals surface area contributed by atoms with Gasteiger partial charge in [-0.25, -0.2) is 8.42 Å². The number of amides is 1. The minimum atomic E-state index is -3.37. The molecule has 2 rings (SSSR count). The van der Waals surface area contributed by atoms with E-state index in [1.807, 2.05) is 13.8 Å². The zero-order valence-electron chi connectivity index (χ0n) is 12.8. The van der Waals surface area contributed by atoms with E-state index in [2.05, 4.69) is 0 Å². The van der Waals surface area contributed by atoms with Gasteiger partial charge in [0.1, 0.15) is 0 Å². The molecule has 1 aliphatic rings. The fourth-order valence-corrected chi connectivity index (χ4v) is 4.08. The first-order valence-corrected chi connectivity index (χ1v) is 9.29. The number of sulfonamides is 1. The molecule has 1 aromatic carbocycles. The molecule has 0 saturated carbocycles. The summed E-state index contributed by atoms with van der Waals surface area (Å²) in [7, 11) is -3.37. The van der Waals surface area contributed by atoms with Gasteiger partial charge in [-0.1, -0.05) is 37.6 Å². The van der Waals surface area contributed by atoms with Crippen molar-refractivity contribution in [3.8, 4) is 0 Å². The van der Waals surface area contributed by atoms with Gasteiger partial charge < -0.3 is 4.90 Å². The maximum Gasteiger partial charge on any atom is 0.225 e. The van der Waals surface area contributed by atoms with Crippen molar-refractivity contribution in [2.75, 3.05) is 26.2 Å². The van der Waals surface area contributed by atoms with Gasteiger partial charge in [0.2, 0.25) is 15.9 Å². The van der Waals surface area contributed by atoms with Crippen LogP contribution in [0.2, 0.25) is 5.02 Å². The molecule has 1 saturated heterocycles. The number of nitrogens with zero attached hydrogens (tertiary/aromatic N) is 2. The van der Waals surface area contributed by atoms with E-state index in [4.69, 9.17) is 11.6 Å². The molecular weight excluding hydrogens is 324 g/mol. The van der Waals surface area contributed by atoms with Crippen molar-refractivity contribution in [3.63, 3.8) is 0 Å². The van der Waals surface area contributed by atoms with Gasteiger partial charge in [0.15, 0.2) is 0 Å². The quantitative estimate of drug-likeness (QED) is 0.839. The van der Waals surface area contributed by atoms with Crippen molar-refractivity contribution < 1.29 is 13.2 Å². The molecule has 0 aromatic heterocycles. The molecule has 1 aliphatic heterocycles. The largest absolute Gasteiger partial charge is 0.340 e. The second kappa shape index (κ2) is 6.98. The first-order chi connectivity index (χ1) is 10.3. The van der Waals surface area contributed by atoms with E-state index in [0.717, 1.165) is 0 Å². The fourth-order valence-electron chi connectivity index (χ4n) is 2.43. The molecule has 22 heavy (non-hydrogen) atoms. The Morgan fingerprint density at radius 3 is 2.18 bits per heavy atom. The SMILES string of the molecule is CC(C)C(=O)N1CCN(S(=O)(=O)Cc2ccc(Cl)cc2)CC1. The summed E-state index contributed by atoms with van der Waals surface area (Å²) in [4.78, 5) is 13.7. The monoisotopic (exact) mass is 344 g/mol. The Morgan fingerprint density at radius 1 is 1.14 bits per heavy atom. The second-order valence-electron chi connectivity index (χ2n) is 5.76. The van der Waals surface area contributed by atoms with Crippen LogP contribution in [0, 0.1) is 5.92 Å². The molecule has 0 bridgehead atoms. The van der Waals surface area contributed by atoms with Crippen LogP contribution in [-0.2, 0) is 20.6 Å². The van der Waals surface area contributed by atoms with Gasteiger partial charge in [-0.2, -0.15) is 4.31 Å². The predicted molar refractivity (Wildman–Crippen MR) is 87.1 cm³/mol. The Bertz CT molecular complexity index is 621. The van der Waals surface area contributed by atoms with E-state index < -0.39 is 10.0 Å². The van der Waals surface area contributed by atoms with Crippen molar-refractivity contribution in [2.24, 2.45) is 5.92 Å². The zero-order chi connectivity index (χ0) is 16.3. The Morgan fingerprint density at radius 2 is 1.68 bits per heavy atom. The fraction of sp³-hybridized carbons (Fsp3) is 0.533. The summed E-state index contributed by atoms with van der Waals surface area (Å²) < 4.78 is 26.3. The summed E-state index contributed by atoms with van der Waals surface area (Å²) in [5.74, 6) is -0.0190. The molecule has 0 aliphatic carbocycles. The van der Waals surface area contributed by atoms with Gasteiger partial charge in [-0.15, -0.1) is 0 Å². The molecule has 122 valence electrons. The summed E-state index contributed by atoms with van der Waals surface area (Å²) in [5.41, 5.74) is 0.713. The molecular formula is C15H21ClN2O3S. The van der Waals surface area contributed by atoms with E-state index in [1.165, 1.54) is 4.31 Å². The van der Waals surface area contributed by atoms with E-state index >= 15 is 0 Å². The van der Waals surface area contributed by atoms with Crippen LogP contribution in [0.25, 0.3) is 0 Å². The second-order valence-corrected chi connectivity index (χ2v) is 8.17. The molecule has 1 aromatic rings. The van der Waals surface area contributed by atoms with Crippen LogP contribution in [0.5, 0.6) is 0 Å². The third-order valence-electron chi connectivity index (χ3n) is 3.70. The average molecular weight is 345 g/mol. The Balaban J connectivity index is 1.97. The number of carbonyl (C=O) groups excluding carboxylic acids is 1. The molecule has 0 N–H and O–H groups in total. The third kappa shape index (κ3) is 4.21. The third-order valence-corrected chi connectivity index (χ3v) is 5.80. The van der Waals surface area contributed by atoms with Gasteiger partial charge in [-0.05, 0) is 17.7 Å². The molecule has 5 nitrogen and oxygen atoms in total. The minimum Gasteiger partial charge on any atom is -0.340 e. The topological polar surface area (TPSA) is 57.7 Å². The first kappa shape index (κ1) is 17.2. The standard InChI is InChI=1S/C15H21ClN2O3S/c1-12(2)15(19)17-7-9-18(10-8-17)22(20,21)11-13-3-5-14(16)6-4-13/h3-6,12H,7-11H2,1-2H3. The number of piperazine rings is 1. The summed E-state index contributed by atoms with van der Waals surface area (Å²) in [6.07, 6.45) is 0. The molecule has 0 unspecified atom stereocenters. The van der Waals surface area contributed by atoms with Crippen LogP contribution < -0.4 is 0 Å². The summed E-state index contributed by atoms with van der Waals surface area (Å²) in [6, 6.07) is 6.81. The van der Waals surface area contributed by atoms with Gasteiger partial charge in [0.05, 0.1) is 5.75 Å². The van der Waals surface area contributed by atoms with Gasteiger partial charge in [-0.3, -0.25) is 4.79 Å². The number of rotatable bonds is 4. The van der Waals surface area contributed by atoms with Crippen LogP contribution in [-0.4, -0.2) is 49.7 Å². The molecule has 0 atom stereocenters. The maximum atomic E-state index is 12.4. The highest BCUT2D eigenvalue weighted by atomic mass is 35.5. The van der Waals surface area contributed by atoms with Crippen LogP contribution in [0.1, 0.15) is 19.4 Å². The lowest BCUT2D eigenvalue weighted by Crippen LogP contribution is -2.51. The Hall–Kier alpha value is -1.11. The van der Waals surface area contributed by atoms with E-state index in [-0.39, 0.29) is 17.6 Å². The maximum absolute atomic E-state index is 12.4. The molecule has 1 amide bonds. The van der Waals surface area contributed by atoms with Crippen LogP contribution >= 0.6 is 11.6 Å². The molecule has 1 heterocycles. The first-order valence-electron chi connectivity index (χ1n) is 7.30. The molecule has 7 heteroatoms. The van der Waals surface area contributed by atoms with Crippen molar-refractivity contribution in [2.45, 2.75) is 19.6 Å². The molecule has 1 fully saturated rings. The molecule has 0 radical (unpaired) electrons. The zero-order valence-corrected chi connectivity index (χ0v) is 14.4. The number of benzene rings is 1. The minimum absolute atomic E-state index is 0.0394. The number of halogens is 1. The van der Waals surface area contributed by atoms with Crippen LogP contribution in [0.4, 0.5) is 0 Å². The van der Waals surface area contributed by atoms with Gasteiger partial charge >= 0.3 is 0 Å². The lowest BCUT2D eigenvalue weighted by molar-refractivity contribution is -0.135. The summed E-state index contributed by atoms with van der Waals surface area (Å²) in [6.45, 7) is 5.33. The van der Waals surface area contributed by atoms with Crippen LogP contribution in [0.15, 0.2) is 24.3 Å². The normalized spacial score (nSPS) is 17.0. The van der Waals surface area contributed by atoms with Gasteiger partial charge in [0.25, 0.3) is 0 Å². The smallest absolute Gasteiger partial charge is 0.225 e. The van der Waals surface area contributed by atoms with E-state index in [9.17, 15) is 13.2 Å². The number of hydrogen-bond acceptors (Lipinski definition) is 3. The number of carbonyl (C=O) groups is 1. The van der Waals surface area contributed by atoms with Crippen molar-refractivity contribution in [1.82, 2.24) is 9.21 Å². The van der Waals surface area contributed by atoms with Crippen LogP contribution in [0.3, 0.4) is 0 Å². The predicted octanol–water partition coefficient (Wildman–Crippen LogP) is 1.97. The Labute approximate surface area is 136 Å². The summed E-state index contributed by atoms with van der Waals surface area (Å²) >= 11 is 5.81. The highest BCUT2D eigenvalue weighted by Gasteiger charge is 2.29. The van der Waals surface area contributed by atoms with E-state index in [1.54, 1.807) is 29.2 Å². The molecule has 0 spiro atoms. The van der Waals surface area contributed by atoms with Crippen molar-refractivity contribution in [3.05, 3.63) is 34.9 Å². The lowest BCUT2D eigenvalue weighted by atomic mass is 10.2. The average Bonchev–Trinajstić information content (AvgIpc) is 2.48. The van der Waals surface area contributed by atoms with Gasteiger partial charge in [0, 0.05) is 37.1 Å². The highest BCUT2D eigenvalue weighted by molar-refractivity contribution is 7.88. The lowest BCUT2D eigenvalue weighted by Gasteiger charge is -2.34. The highest BCUT2D eigenvalue weighted by Crippen LogP contribution is 2.16. The van der Waals surface area contributed by atoms with E-state index in [0.29, 0.717) is 36.8 Å². The summed E-state index contributed by atoms with van der Waals surface area (Å²) in [5, 5.41) is 0.585. The Kier molecular flexibility index (Phi) is 5.47. The van der Waals surface area contributed by atoms with Crippen molar-refractivity contribution in [1.29, 1.82) is 0 Å². The number of hydrogen-bond donors (Lipinski definition) is 0. The van der Waals surface area contributed by atoms with Crippen molar-refractivity contribution >= 4 is 27.5 Å².